The van der Waals surface area contributed by atoms with Crippen molar-refractivity contribution < 1.29 is 32.3 Å². The fourth-order valence-electron chi connectivity index (χ4n) is 4.13. The van der Waals surface area contributed by atoms with Gasteiger partial charge in [0.05, 0.1) is 17.2 Å². The van der Waals surface area contributed by atoms with Gasteiger partial charge < -0.3 is 14.8 Å². The number of alkyl halides is 4. The zero-order chi connectivity index (χ0) is 26.7. The van der Waals surface area contributed by atoms with E-state index in [-0.39, 0.29) is 23.6 Å². The maximum atomic E-state index is 14.4. The number of amides is 1. The van der Waals surface area contributed by atoms with Gasteiger partial charge in [-0.05, 0) is 60.0 Å². The molecule has 5 nitrogen and oxygen atoms in total. The van der Waals surface area contributed by atoms with Crippen molar-refractivity contribution in [2.24, 2.45) is 0 Å². The lowest BCUT2D eigenvalue weighted by Crippen LogP contribution is -2.30. The molecule has 0 aliphatic carbocycles. The average Bonchev–Trinajstić information content (AvgIpc) is 3.25. The Morgan fingerprint density at radius 2 is 1.65 bits per heavy atom. The number of rotatable bonds is 8. The molecular weight excluding hydrogens is 512 g/mol. The summed E-state index contributed by atoms with van der Waals surface area (Å²) >= 11 is 5.93. The topological polar surface area (TPSA) is 70.8 Å². The van der Waals surface area contributed by atoms with Crippen molar-refractivity contribution in [1.29, 1.82) is 0 Å². The van der Waals surface area contributed by atoms with Crippen LogP contribution in [0, 0.1) is 5.82 Å². The van der Waals surface area contributed by atoms with Gasteiger partial charge in [0.2, 0.25) is 0 Å². The summed E-state index contributed by atoms with van der Waals surface area (Å²) in [6.07, 6.45) is -3.90. The quantitative estimate of drug-likeness (QED) is 0.201. The molecule has 0 saturated heterocycles. The normalized spacial score (nSPS) is 12.5. The lowest BCUT2D eigenvalue weighted by atomic mass is 10.0. The Hall–Kier alpha value is -3.85. The molecule has 0 fully saturated rings. The van der Waals surface area contributed by atoms with Crippen LogP contribution in [0.3, 0.4) is 0 Å². The SMILES string of the molecule is O=C(O)c1ccc(C(CCCl)NC(=O)c2cc(F)cc3ccc(Cc4ccc(C(F)(F)F)cc4)n23)cc1. The monoisotopic (exact) mass is 532 g/mol. The molecule has 0 aliphatic heterocycles. The van der Waals surface area contributed by atoms with Gasteiger partial charge >= 0.3 is 12.1 Å². The third-order valence-electron chi connectivity index (χ3n) is 5.96. The fourth-order valence-corrected chi connectivity index (χ4v) is 4.35. The van der Waals surface area contributed by atoms with E-state index in [0.717, 1.165) is 18.2 Å². The van der Waals surface area contributed by atoms with Crippen LogP contribution in [0.15, 0.2) is 72.8 Å². The fraction of sp³-hybridized carbons (Fsp3) is 0.185. The Kier molecular flexibility index (Phi) is 7.54. The van der Waals surface area contributed by atoms with Gasteiger partial charge in [0.1, 0.15) is 11.5 Å². The second-order valence-electron chi connectivity index (χ2n) is 8.45. The summed E-state index contributed by atoms with van der Waals surface area (Å²) in [6, 6.07) is 15.8. The maximum absolute atomic E-state index is 14.4. The van der Waals surface area contributed by atoms with Crippen molar-refractivity contribution in [1.82, 2.24) is 9.72 Å². The molecule has 4 aromatic rings. The van der Waals surface area contributed by atoms with Crippen LogP contribution < -0.4 is 5.32 Å². The van der Waals surface area contributed by atoms with Crippen molar-refractivity contribution in [2.45, 2.75) is 25.1 Å². The molecule has 0 spiro atoms. The van der Waals surface area contributed by atoms with Gasteiger partial charge in [-0.1, -0.05) is 24.3 Å². The highest BCUT2D eigenvalue weighted by Gasteiger charge is 2.30. The van der Waals surface area contributed by atoms with E-state index in [2.05, 4.69) is 5.32 Å². The first-order valence-electron chi connectivity index (χ1n) is 11.2. The van der Waals surface area contributed by atoms with Gasteiger partial charge in [0, 0.05) is 29.6 Å². The average molecular weight is 533 g/mol. The first-order valence-corrected chi connectivity index (χ1v) is 11.8. The molecule has 0 bridgehead atoms. The van der Waals surface area contributed by atoms with Crippen LogP contribution in [-0.4, -0.2) is 27.3 Å². The molecule has 192 valence electrons. The Labute approximate surface area is 214 Å². The second kappa shape index (κ2) is 10.6. The van der Waals surface area contributed by atoms with Gasteiger partial charge in [0.25, 0.3) is 5.91 Å². The van der Waals surface area contributed by atoms with E-state index in [1.807, 2.05) is 0 Å². The van der Waals surface area contributed by atoms with E-state index in [1.165, 1.54) is 30.3 Å². The summed E-state index contributed by atoms with van der Waals surface area (Å²) in [7, 11) is 0. The van der Waals surface area contributed by atoms with Gasteiger partial charge in [0.15, 0.2) is 0 Å². The summed E-state index contributed by atoms with van der Waals surface area (Å²) in [5, 5.41) is 12.0. The van der Waals surface area contributed by atoms with Gasteiger partial charge in [-0.25, -0.2) is 9.18 Å². The van der Waals surface area contributed by atoms with Crippen LogP contribution in [0.2, 0.25) is 0 Å². The third kappa shape index (κ3) is 5.94. The minimum atomic E-state index is -4.45. The van der Waals surface area contributed by atoms with Crippen molar-refractivity contribution in [3.63, 3.8) is 0 Å². The van der Waals surface area contributed by atoms with E-state index in [0.29, 0.717) is 28.8 Å². The molecule has 2 N–H and O–H groups in total. The molecular formula is C27H21ClF4N2O3. The van der Waals surface area contributed by atoms with E-state index in [1.54, 1.807) is 28.7 Å². The highest BCUT2D eigenvalue weighted by Crippen LogP contribution is 2.30. The summed E-state index contributed by atoms with van der Waals surface area (Å²) in [4.78, 5) is 24.5. The summed E-state index contributed by atoms with van der Waals surface area (Å²) in [5.74, 6) is -2.10. The zero-order valence-corrected chi connectivity index (χ0v) is 20.0. The zero-order valence-electron chi connectivity index (χ0n) is 19.2. The maximum Gasteiger partial charge on any atom is 0.416 e. The van der Waals surface area contributed by atoms with Gasteiger partial charge in [-0.3, -0.25) is 4.79 Å². The van der Waals surface area contributed by atoms with Crippen LogP contribution >= 0.6 is 11.6 Å². The van der Waals surface area contributed by atoms with Crippen LogP contribution in [-0.2, 0) is 12.6 Å². The number of carboxylic acid groups (broad SMARTS) is 1. The smallest absolute Gasteiger partial charge is 0.416 e. The number of hydrogen-bond acceptors (Lipinski definition) is 2. The van der Waals surface area contributed by atoms with Crippen LogP contribution in [0.5, 0.6) is 0 Å². The molecule has 0 saturated carbocycles. The number of carbonyl (C=O) groups excluding carboxylic acids is 1. The molecule has 10 heteroatoms. The predicted molar refractivity (Wildman–Crippen MR) is 131 cm³/mol. The van der Waals surface area contributed by atoms with Crippen molar-refractivity contribution >= 4 is 29.0 Å². The molecule has 2 aromatic heterocycles. The number of aromatic carboxylic acids is 1. The highest BCUT2D eigenvalue weighted by atomic mass is 35.5. The highest BCUT2D eigenvalue weighted by molar-refractivity contribution is 6.17. The third-order valence-corrected chi connectivity index (χ3v) is 6.17. The number of benzene rings is 2. The number of halogens is 5. The van der Waals surface area contributed by atoms with E-state index < -0.39 is 35.5 Å². The molecule has 0 radical (unpaired) electrons. The number of nitrogens with one attached hydrogen (secondary N) is 1. The first-order chi connectivity index (χ1) is 17.6. The number of fused-ring (bicyclic) bond motifs is 1. The van der Waals surface area contributed by atoms with Crippen LogP contribution in [0.25, 0.3) is 5.52 Å². The summed E-state index contributed by atoms with van der Waals surface area (Å²) < 4.78 is 54.7. The predicted octanol–water partition coefficient (Wildman–Crippen LogP) is 6.49. The summed E-state index contributed by atoms with van der Waals surface area (Å²) in [5.41, 5.74) is 1.54. The van der Waals surface area contributed by atoms with Gasteiger partial charge in [-0.15, -0.1) is 11.6 Å². The van der Waals surface area contributed by atoms with Crippen molar-refractivity contribution in [2.75, 3.05) is 5.88 Å². The minimum absolute atomic E-state index is 0.00337. The van der Waals surface area contributed by atoms with Crippen LogP contribution in [0.4, 0.5) is 17.6 Å². The second-order valence-corrected chi connectivity index (χ2v) is 8.82. The number of nitrogens with zero attached hydrogens (tertiary/aromatic N) is 1. The number of carbonyl (C=O) groups is 2. The van der Waals surface area contributed by atoms with E-state index >= 15 is 0 Å². The molecule has 1 unspecified atom stereocenters. The Morgan fingerprint density at radius 1 is 0.973 bits per heavy atom. The number of hydrogen-bond donors (Lipinski definition) is 2. The molecule has 1 amide bonds. The lowest BCUT2D eigenvalue weighted by Gasteiger charge is -2.20. The Balaban J connectivity index is 1.65. The molecule has 0 aliphatic rings. The van der Waals surface area contributed by atoms with E-state index in [9.17, 15) is 27.2 Å². The summed E-state index contributed by atoms with van der Waals surface area (Å²) in [6.45, 7) is 0. The molecule has 2 heterocycles. The van der Waals surface area contributed by atoms with Crippen molar-refractivity contribution in [3.05, 3.63) is 112 Å². The minimum Gasteiger partial charge on any atom is -0.478 e. The lowest BCUT2D eigenvalue weighted by molar-refractivity contribution is -0.137. The van der Waals surface area contributed by atoms with Crippen LogP contribution in [0.1, 0.15) is 55.7 Å². The molecule has 1 atom stereocenters. The van der Waals surface area contributed by atoms with E-state index in [4.69, 9.17) is 16.7 Å². The Morgan fingerprint density at radius 3 is 2.24 bits per heavy atom. The Bertz CT molecular complexity index is 1430. The first kappa shape index (κ1) is 26.2. The molecule has 4 rings (SSSR count). The number of pyridine rings is 1. The number of carboxylic acids is 1. The molecule has 2 aromatic carbocycles. The number of aromatic nitrogens is 1. The standard InChI is InChI=1S/C27H21ClF4N2O3/c28-12-11-23(17-3-5-18(6-4-17)26(36)37)33-25(35)24-15-20(29)14-22-10-9-21(34(22)24)13-16-1-7-19(8-2-16)27(30,31)32/h1-10,14-15,23H,11-13H2,(H,33,35)(H,36,37). The van der Waals surface area contributed by atoms with Gasteiger partial charge in [-0.2, -0.15) is 13.2 Å². The largest absolute Gasteiger partial charge is 0.478 e. The van der Waals surface area contributed by atoms with Crippen molar-refractivity contribution in [3.8, 4) is 0 Å². The molecule has 37 heavy (non-hydrogen) atoms.